The van der Waals surface area contributed by atoms with Gasteiger partial charge in [0, 0.05) is 6.42 Å². The summed E-state index contributed by atoms with van der Waals surface area (Å²) in [4.78, 5) is 22.7. The average molecular weight is 314 g/mol. The first kappa shape index (κ1) is 17.3. The first-order valence-corrected chi connectivity index (χ1v) is 7.19. The Morgan fingerprint density at radius 3 is 2.57 bits per heavy atom. The van der Waals surface area contributed by atoms with Gasteiger partial charge < -0.3 is 15.2 Å². The van der Waals surface area contributed by atoms with Crippen LogP contribution in [0.3, 0.4) is 0 Å². The lowest BCUT2D eigenvalue weighted by atomic mass is 10.0. The highest BCUT2D eigenvalue weighted by Gasteiger charge is 2.22. The van der Waals surface area contributed by atoms with Crippen molar-refractivity contribution >= 4 is 23.5 Å². The monoisotopic (exact) mass is 313 g/mol. The van der Waals surface area contributed by atoms with Crippen LogP contribution < -0.4 is 10.1 Å². The van der Waals surface area contributed by atoms with Crippen molar-refractivity contribution in [3.63, 3.8) is 0 Å². The molecule has 0 radical (unpaired) electrons. The predicted molar refractivity (Wildman–Crippen MR) is 80.6 cm³/mol. The molecule has 0 aromatic heterocycles. The summed E-state index contributed by atoms with van der Waals surface area (Å²) in [6, 6.07) is 6.24. The van der Waals surface area contributed by atoms with Gasteiger partial charge in [-0.2, -0.15) is 0 Å². The van der Waals surface area contributed by atoms with Gasteiger partial charge in [0.1, 0.15) is 11.8 Å². The van der Waals surface area contributed by atoms with E-state index in [2.05, 4.69) is 5.32 Å². The second-order valence-corrected chi connectivity index (χ2v) is 5.42. The Morgan fingerprint density at radius 1 is 1.33 bits per heavy atom. The molecule has 1 amide bonds. The second kappa shape index (κ2) is 8.52. The van der Waals surface area contributed by atoms with Crippen molar-refractivity contribution in [1.29, 1.82) is 0 Å². The third kappa shape index (κ3) is 6.04. The molecule has 0 aliphatic heterocycles. The van der Waals surface area contributed by atoms with Gasteiger partial charge in [-0.1, -0.05) is 37.6 Å². The van der Waals surface area contributed by atoms with E-state index < -0.39 is 12.0 Å². The Hall–Kier alpha value is -1.75. The van der Waals surface area contributed by atoms with Crippen molar-refractivity contribution in [1.82, 2.24) is 5.32 Å². The standard InChI is InChI=1S/C15H20ClNO4/c1-10(2)14(15(19)20)17-13(18)8-5-9-21-12-7-4-3-6-11(12)16/h3-4,6-7,10,14H,5,8-9H2,1-2H3,(H,17,18)(H,19,20). The lowest BCUT2D eigenvalue weighted by Gasteiger charge is -2.17. The van der Waals surface area contributed by atoms with Crippen LogP contribution in [0.2, 0.25) is 5.02 Å². The van der Waals surface area contributed by atoms with Gasteiger partial charge in [-0.15, -0.1) is 0 Å². The van der Waals surface area contributed by atoms with E-state index in [1.54, 1.807) is 32.0 Å². The zero-order valence-corrected chi connectivity index (χ0v) is 12.9. The molecule has 0 aliphatic carbocycles. The number of halogens is 1. The number of carboxylic acids is 1. The van der Waals surface area contributed by atoms with Gasteiger partial charge in [-0.3, -0.25) is 4.79 Å². The summed E-state index contributed by atoms with van der Waals surface area (Å²) in [6.45, 7) is 3.84. The molecule has 21 heavy (non-hydrogen) atoms. The van der Waals surface area contributed by atoms with E-state index in [4.69, 9.17) is 21.4 Å². The Kier molecular flexibility index (Phi) is 7.02. The number of aliphatic carboxylic acids is 1. The van der Waals surface area contributed by atoms with Crippen LogP contribution in [0.4, 0.5) is 0 Å². The van der Waals surface area contributed by atoms with Gasteiger partial charge in [0.05, 0.1) is 11.6 Å². The van der Waals surface area contributed by atoms with E-state index in [0.29, 0.717) is 23.8 Å². The van der Waals surface area contributed by atoms with Gasteiger partial charge in [0.25, 0.3) is 0 Å². The number of para-hydroxylation sites is 1. The quantitative estimate of drug-likeness (QED) is 0.724. The smallest absolute Gasteiger partial charge is 0.326 e. The van der Waals surface area contributed by atoms with E-state index in [9.17, 15) is 9.59 Å². The van der Waals surface area contributed by atoms with Crippen LogP contribution in [0.5, 0.6) is 5.75 Å². The fourth-order valence-corrected chi connectivity index (χ4v) is 1.93. The molecule has 0 heterocycles. The third-order valence-electron chi connectivity index (χ3n) is 2.89. The van der Waals surface area contributed by atoms with E-state index in [-0.39, 0.29) is 18.2 Å². The van der Waals surface area contributed by atoms with Gasteiger partial charge in [-0.25, -0.2) is 4.79 Å². The van der Waals surface area contributed by atoms with E-state index in [1.165, 1.54) is 0 Å². The number of hydrogen-bond donors (Lipinski definition) is 2. The molecule has 0 saturated carbocycles. The topological polar surface area (TPSA) is 75.6 Å². The molecule has 6 heteroatoms. The van der Waals surface area contributed by atoms with Gasteiger partial charge in [0.2, 0.25) is 5.91 Å². The molecule has 1 atom stereocenters. The molecule has 5 nitrogen and oxygen atoms in total. The zero-order valence-electron chi connectivity index (χ0n) is 12.1. The van der Waals surface area contributed by atoms with Crippen molar-refractivity contribution < 1.29 is 19.4 Å². The van der Waals surface area contributed by atoms with Crippen molar-refractivity contribution in [3.8, 4) is 5.75 Å². The molecule has 1 rings (SSSR count). The minimum Gasteiger partial charge on any atom is -0.492 e. The Balaban J connectivity index is 2.31. The highest BCUT2D eigenvalue weighted by atomic mass is 35.5. The van der Waals surface area contributed by atoms with Gasteiger partial charge in [-0.05, 0) is 24.5 Å². The van der Waals surface area contributed by atoms with Crippen LogP contribution in [-0.2, 0) is 9.59 Å². The molecule has 1 aromatic carbocycles. The lowest BCUT2D eigenvalue weighted by molar-refractivity contribution is -0.143. The van der Waals surface area contributed by atoms with Crippen LogP contribution in [0.1, 0.15) is 26.7 Å². The first-order chi connectivity index (χ1) is 9.91. The Bertz CT molecular complexity index is 490. The summed E-state index contributed by atoms with van der Waals surface area (Å²) in [7, 11) is 0. The highest BCUT2D eigenvalue weighted by Crippen LogP contribution is 2.23. The average Bonchev–Trinajstić information content (AvgIpc) is 2.42. The molecule has 1 unspecified atom stereocenters. The SMILES string of the molecule is CC(C)C(NC(=O)CCCOc1ccccc1Cl)C(=O)O. The third-order valence-corrected chi connectivity index (χ3v) is 3.20. The number of carboxylic acid groups (broad SMARTS) is 1. The van der Waals surface area contributed by atoms with Crippen molar-refractivity contribution in [3.05, 3.63) is 29.3 Å². The minimum absolute atomic E-state index is 0.161. The van der Waals surface area contributed by atoms with Crippen molar-refractivity contribution in [2.75, 3.05) is 6.61 Å². The molecule has 116 valence electrons. The first-order valence-electron chi connectivity index (χ1n) is 6.81. The van der Waals surface area contributed by atoms with Crippen LogP contribution in [0.15, 0.2) is 24.3 Å². The molecule has 2 N–H and O–H groups in total. The number of ether oxygens (including phenoxy) is 1. The number of hydrogen-bond acceptors (Lipinski definition) is 3. The van der Waals surface area contributed by atoms with Crippen LogP contribution in [0, 0.1) is 5.92 Å². The summed E-state index contributed by atoms with van der Waals surface area (Å²) < 4.78 is 5.46. The maximum Gasteiger partial charge on any atom is 0.326 e. The maximum absolute atomic E-state index is 11.7. The van der Waals surface area contributed by atoms with Crippen molar-refractivity contribution in [2.45, 2.75) is 32.7 Å². The van der Waals surface area contributed by atoms with Gasteiger partial charge in [0.15, 0.2) is 0 Å². The van der Waals surface area contributed by atoms with E-state index >= 15 is 0 Å². The molecule has 0 saturated heterocycles. The van der Waals surface area contributed by atoms with Crippen LogP contribution in [-0.4, -0.2) is 29.6 Å². The summed E-state index contributed by atoms with van der Waals surface area (Å²) in [5.74, 6) is -0.902. The molecule has 0 aliphatic rings. The minimum atomic E-state index is -1.02. The fraction of sp³-hybridized carbons (Fsp3) is 0.467. The van der Waals surface area contributed by atoms with Crippen molar-refractivity contribution in [2.24, 2.45) is 5.92 Å². The number of nitrogens with one attached hydrogen (secondary N) is 1. The Labute approximate surface area is 129 Å². The highest BCUT2D eigenvalue weighted by molar-refractivity contribution is 6.32. The zero-order chi connectivity index (χ0) is 15.8. The molecule has 1 aromatic rings. The number of benzene rings is 1. The van der Waals surface area contributed by atoms with E-state index in [0.717, 1.165) is 0 Å². The number of rotatable bonds is 8. The molecule has 0 bridgehead atoms. The maximum atomic E-state index is 11.7. The summed E-state index contributed by atoms with van der Waals surface area (Å²) in [5, 5.41) is 12.0. The normalized spacial score (nSPS) is 12.0. The predicted octanol–water partition coefficient (Wildman–Crippen LogP) is 2.72. The summed E-state index contributed by atoms with van der Waals surface area (Å²) in [5.41, 5.74) is 0. The number of carbonyl (C=O) groups excluding carboxylic acids is 1. The number of amides is 1. The molecule has 0 spiro atoms. The fourth-order valence-electron chi connectivity index (χ4n) is 1.74. The van der Waals surface area contributed by atoms with Crippen LogP contribution in [0.25, 0.3) is 0 Å². The number of carbonyl (C=O) groups is 2. The molecular formula is C15H20ClNO4. The second-order valence-electron chi connectivity index (χ2n) is 5.01. The van der Waals surface area contributed by atoms with E-state index in [1.807, 2.05) is 6.07 Å². The Morgan fingerprint density at radius 2 is 2.00 bits per heavy atom. The molecule has 0 fully saturated rings. The largest absolute Gasteiger partial charge is 0.492 e. The lowest BCUT2D eigenvalue weighted by Crippen LogP contribution is -2.44. The summed E-state index contributed by atoms with van der Waals surface area (Å²) in [6.07, 6.45) is 0.697. The van der Waals surface area contributed by atoms with Gasteiger partial charge >= 0.3 is 5.97 Å². The summed E-state index contributed by atoms with van der Waals surface area (Å²) >= 11 is 5.93. The molecular weight excluding hydrogens is 294 g/mol. The van der Waals surface area contributed by atoms with Crippen LogP contribution >= 0.6 is 11.6 Å².